The number of hydrogen-bond donors (Lipinski definition) is 0. The van der Waals surface area contributed by atoms with E-state index in [0.717, 1.165) is 10.9 Å². The van der Waals surface area contributed by atoms with E-state index in [2.05, 4.69) is 0 Å². The molecule has 0 spiro atoms. The second-order valence-electron chi connectivity index (χ2n) is 4.51. The van der Waals surface area contributed by atoms with Crippen LogP contribution < -0.4 is 5.63 Å². The molecule has 2 heterocycles. The fraction of sp³-hybridized carbons (Fsp3) is 0.200. The molecule has 0 saturated carbocycles. The molecule has 1 atom stereocenters. The molecule has 4 heteroatoms. The molecule has 0 N–H and O–H groups in total. The predicted molar refractivity (Wildman–Crippen MR) is 71.0 cm³/mol. The first kappa shape index (κ1) is 11.7. The number of carbonyl (C=O) groups is 1. The molecule has 1 aromatic heterocycles. The summed E-state index contributed by atoms with van der Waals surface area (Å²) in [5.41, 5.74) is 0.821. The zero-order chi connectivity index (χ0) is 13.6. The van der Waals surface area contributed by atoms with Crippen LogP contribution in [-0.2, 0) is 4.74 Å². The van der Waals surface area contributed by atoms with Crippen LogP contribution in [0, 0.1) is 0 Å². The van der Waals surface area contributed by atoms with Crippen LogP contribution in [0.25, 0.3) is 16.8 Å². The summed E-state index contributed by atoms with van der Waals surface area (Å²) in [5, 5.41) is 1.16. The van der Waals surface area contributed by atoms with Crippen molar-refractivity contribution < 1.29 is 13.9 Å². The summed E-state index contributed by atoms with van der Waals surface area (Å²) in [6.45, 7) is 3.66. The molecule has 0 aliphatic carbocycles. The normalized spacial score (nSPS) is 18.0. The van der Waals surface area contributed by atoms with E-state index in [1.807, 2.05) is 19.9 Å². The standard InChI is InChI=1S/C15H12O4/c1-3-4-10-5-9-6-11-8(2)18-15(17)13(11)7-12(9)14(16)19-10/h3-8H,1-2H3/b4-3+. The number of cyclic esters (lactones) is 1. The van der Waals surface area contributed by atoms with E-state index in [1.165, 1.54) is 0 Å². The van der Waals surface area contributed by atoms with Crippen LogP contribution >= 0.6 is 0 Å². The average molecular weight is 256 g/mol. The third-order valence-corrected chi connectivity index (χ3v) is 3.22. The molecule has 2 aromatic rings. The fourth-order valence-corrected chi connectivity index (χ4v) is 2.32. The molecule has 96 valence electrons. The van der Waals surface area contributed by atoms with Crippen molar-refractivity contribution in [1.82, 2.24) is 0 Å². The number of benzene rings is 1. The van der Waals surface area contributed by atoms with Gasteiger partial charge in [-0.3, -0.25) is 0 Å². The average Bonchev–Trinajstić information content (AvgIpc) is 2.63. The van der Waals surface area contributed by atoms with Crippen molar-refractivity contribution in [2.24, 2.45) is 0 Å². The van der Waals surface area contributed by atoms with Gasteiger partial charge in [0.25, 0.3) is 0 Å². The van der Waals surface area contributed by atoms with E-state index in [0.29, 0.717) is 16.7 Å². The van der Waals surface area contributed by atoms with Crippen LogP contribution in [0.1, 0.15) is 41.6 Å². The summed E-state index contributed by atoms with van der Waals surface area (Å²) in [4.78, 5) is 23.5. The molecule has 3 rings (SSSR count). The first-order valence-electron chi connectivity index (χ1n) is 6.05. The van der Waals surface area contributed by atoms with Gasteiger partial charge in [0.05, 0.1) is 10.9 Å². The third-order valence-electron chi connectivity index (χ3n) is 3.22. The van der Waals surface area contributed by atoms with Gasteiger partial charge in [-0.15, -0.1) is 0 Å². The van der Waals surface area contributed by atoms with Gasteiger partial charge in [0, 0.05) is 5.56 Å². The Morgan fingerprint density at radius 1 is 1.21 bits per heavy atom. The topological polar surface area (TPSA) is 56.5 Å². The molecule has 1 aliphatic rings. The van der Waals surface area contributed by atoms with Crippen molar-refractivity contribution in [2.75, 3.05) is 0 Å². The van der Waals surface area contributed by atoms with E-state index in [1.54, 1.807) is 24.3 Å². The summed E-state index contributed by atoms with van der Waals surface area (Å²) in [7, 11) is 0. The van der Waals surface area contributed by atoms with Crippen molar-refractivity contribution in [2.45, 2.75) is 20.0 Å². The van der Waals surface area contributed by atoms with Crippen LogP contribution in [0.5, 0.6) is 0 Å². The largest absolute Gasteiger partial charge is 0.454 e. The Morgan fingerprint density at radius 2 is 2.00 bits per heavy atom. The lowest BCUT2D eigenvalue weighted by Gasteiger charge is -2.04. The minimum Gasteiger partial charge on any atom is -0.454 e. The second-order valence-corrected chi connectivity index (χ2v) is 4.51. The lowest BCUT2D eigenvalue weighted by atomic mass is 10.0. The summed E-state index contributed by atoms with van der Waals surface area (Å²) >= 11 is 0. The molecule has 4 nitrogen and oxygen atoms in total. The van der Waals surface area contributed by atoms with Crippen LogP contribution in [0.4, 0.5) is 0 Å². The van der Waals surface area contributed by atoms with Crippen molar-refractivity contribution in [1.29, 1.82) is 0 Å². The maximum atomic E-state index is 11.9. The van der Waals surface area contributed by atoms with E-state index in [-0.39, 0.29) is 12.1 Å². The van der Waals surface area contributed by atoms with Gasteiger partial charge in [-0.05, 0) is 43.5 Å². The Labute approximate surface area is 109 Å². The van der Waals surface area contributed by atoms with E-state index >= 15 is 0 Å². The van der Waals surface area contributed by atoms with Crippen LogP contribution in [-0.4, -0.2) is 5.97 Å². The Morgan fingerprint density at radius 3 is 2.74 bits per heavy atom. The Bertz CT molecular complexity index is 768. The van der Waals surface area contributed by atoms with Crippen LogP contribution in [0.15, 0.2) is 33.5 Å². The highest BCUT2D eigenvalue weighted by atomic mass is 16.5. The third kappa shape index (κ3) is 1.76. The maximum absolute atomic E-state index is 11.9. The van der Waals surface area contributed by atoms with Gasteiger partial charge in [0.1, 0.15) is 11.9 Å². The van der Waals surface area contributed by atoms with Gasteiger partial charge in [-0.25, -0.2) is 9.59 Å². The zero-order valence-electron chi connectivity index (χ0n) is 10.6. The van der Waals surface area contributed by atoms with Crippen LogP contribution in [0.2, 0.25) is 0 Å². The molecule has 0 amide bonds. The highest BCUT2D eigenvalue weighted by Gasteiger charge is 2.28. The molecule has 0 bridgehead atoms. The minimum atomic E-state index is -0.444. The Kier molecular flexibility index (Phi) is 2.52. The number of rotatable bonds is 1. The fourth-order valence-electron chi connectivity index (χ4n) is 2.32. The number of allylic oxidation sites excluding steroid dienone is 1. The molecule has 0 radical (unpaired) electrons. The highest BCUT2D eigenvalue weighted by Crippen LogP contribution is 2.32. The number of carbonyl (C=O) groups excluding carboxylic acids is 1. The quantitative estimate of drug-likeness (QED) is 0.736. The van der Waals surface area contributed by atoms with Crippen molar-refractivity contribution in [3.8, 4) is 0 Å². The van der Waals surface area contributed by atoms with Crippen LogP contribution in [0.3, 0.4) is 0 Å². The van der Waals surface area contributed by atoms with Gasteiger partial charge < -0.3 is 9.15 Å². The molecule has 19 heavy (non-hydrogen) atoms. The molecule has 1 aromatic carbocycles. The lowest BCUT2D eigenvalue weighted by Crippen LogP contribution is -2.02. The lowest BCUT2D eigenvalue weighted by molar-refractivity contribution is 0.0422. The SMILES string of the molecule is C/C=C/c1cc2cc3c(cc2c(=O)o1)C(=O)OC3C. The summed E-state index contributed by atoms with van der Waals surface area (Å²) in [5.74, 6) is 0.110. The maximum Gasteiger partial charge on any atom is 0.344 e. The van der Waals surface area contributed by atoms with E-state index in [4.69, 9.17) is 9.15 Å². The van der Waals surface area contributed by atoms with Gasteiger partial charge in [-0.1, -0.05) is 6.08 Å². The van der Waals surface area contributed by atoms with Gasteiger partial charge in [0.2, 0.25) is 0 Å². The summed E-state index contributed by atoms with van der Waals surface area (Å²) in [6, 6.07) is 5.17. The Hall–Kier alpha value is -2.36. The predicted octanol–water partition coefficient (Wildman–Crippen LogP) is 3.06. The minimum absolute atomic E-state index is 0.274. The van der Waals surface area contributed by atoms with E-state index < -0.39 is 5.63 Å². The second kappa shape index (κ2) is 4.09. The summed E-state index contributed by atoms with van der Waals surface area (Å²) in [6.07, 6.45) is 3.25. The van der Waals surface area contributed by atoms with E-state index in [9.17, 15) is 9.59 Å². The molecule has 1 aliphatic heterocycles. The van der Waals surface area contributed by atoms with Gasteiger partial charge in [0.15, 0.2) is 0 Å². The Balaban J connectivity index is 2.34. The van der Waals surface area contributed by atoms with Crippen molar-refractivity contribution >= 4 is 22.8 Å². The molecular weight excluding hydrogens is 244 g/mol. The number of fused-ring (bicyclic) bond motifs is 2. The molecule has 1 unspecified atom stereocenters. The summed E-state index contributed by atoms with van der Waals surface area (Å²) < 4.78 is 10.3. The molecular formula is C15H12O4. The number of hydrogen-bond acceptors (Lipinski definition) is 4. The first-order chi connectivity index (χ1) is 9.10. The number of ether oxygens (including phenoxy) is 1. The zero-order valence-corrected chi connectivity index (χ0v) is 10.6. The van der Waals surface area contributed by atoms with Crippen molar-refractivity contribution in [3.63, 3.8) is 0 Å². The number of esters is 1. The van der Waals surface area contributed by atoms with Crippen molar-refractivity contribution in [3.05, 3.63) is 51.6 Å². The first-order valence-corrected chi connectivity index (χ1v) is 6.05. The smallest absolute Gasteiger partial charge is 0.344 e. The molecule has 0 fully saturated rings. The molecule has 0 saturated heterocycles. The monoisotopic (exact) mass is 256 g/mol. The highest BCUT2D eigenvalue weighted by molar-refractivity contribution is 5.99. The van der Waals surface area contributed by atoms with Gasteiger partial charge >= 0.3 is 11.6 Å². The van der Waals surface area contributed by atoms with Gasteiger partial charge in [-0.2, -0.15) is 0 Å².